The monoisotopic (exact) mass is 1830 g/mol. The minimum atomic E-state index is -5.65. The van der Waals surface area contributed by atoms with Gasteiger partial charge >= 0.3 is 25.7 Å². The molecule has 0 radical (unpaired) electrons. The molecule has 1 saturated carbocycles. The highest BCUT2D eigenvalue weighted by Crippen LogP contribution is 2.50. The molecule has 1 aliphatic heterocycles. The van der Waals surface area contributed by atoms with Gasteiger partial charge < -0.3 is 57.0 Å². The first-order chi connectivity index (χ1) is 64.4. The summed E-state index contributed by atoms with van der Waals surface area (Å²) in [5, 5.41) is 4.50. The highest BCUT2D eigenvalue weighted by atomic mass is 31.2. The minimum absolute atomic E-state index is 0.00311. The number of carbonyl (C=O) groups excluding carboxylic acids is 3. The maximum atomic E-state index is 16.0. The van der Waals surface area contributed by atoms with Crippen LogP contribution in [0.1, 0.15) is 350 Å². The molecule has 1 aliphatic carbocycles. The minimum Gasteiger partial charge on any atom is -0.462 e. The average molecular weight is 1830 g/mol. The van der Waals surface area contributed by atoms with Crippen molar-refractivity contribution in [1.82, 2.24) is 0 Å². The Balaban J connectivity index is 1.15. The number of benzene rings is 6. The van der Waals surface area contributed by atoms with Gasteiger partial charge in [-0.3, -0.25) is 23.4 Å². The third kappa shape index (κ3) is 46.8. The standard InChI is InChI=1S/C109H162N3O18P/c1-4-7-10-13-16-19-22-25-27-30-32-35-38-41-62-77-97(113)119-86-95(126-98(114)78-63-42-39-36-34-31-28-26-23-20-17-14-11-8-5-2)87-125-131(116,117)130-108-106(128-99(115)79-64-43-40-37-33-29-24-21-18-15-12-9-6-3)104(123-84-93-73-58-48-59-74-93)103(122-83-92-71-56-47-57-72-92)105(124-85-94-75-60-49-61-76-94)107(108)129-109-100(111-112-110)102(121-82-91-69-54-46-55-70-91)101(120-81-90-67-52-45-53-68-90)96(127-109)88-118-80-89-65-50-44-51-66-89/h44-61,65-76,95-96,100-109H,4-43,62-64,77-88H2,1-3H3,(H,116,117)/t95-,96+,100+,101+,102+,103+,104+,105-,106+,107+,108+,109+/m0/s1. The van der Waals surface area contributed by atoms with Crippen molar-refractivity contribution in [2.45, 2.75) is 429 Å². The van der Waals surface area contributed by atoms with Crippen LogP contribution in [0.25, 0.3) is 10.4 Å². The van der Waals surface area contributed by atoms with Crippen LogP contribution in [0, 0.1) is 0 Å². The van der Waals surface area contributed by atoms with Crippen molar-refractivity contribution in [2.75, 3.05) is 19.8 Å². The fraction of sp³-hybridized carbons (Fsp3) is 0.642. The van der Waals surface area contributed by atoms with Crippen LogP contribution in [-0.4, -0.2) is 116 Å². The molecule has 13 atom stereocenters. The van der Waals surface area contributed by atoms with Crippen molar-refractivity contribution in [3.8, 4) is 0 Å². The van der Waals surface area contributed by atoms with Gasteiger partial charge in [-0.2, -0.15) is 0 Å². The summed E-state index contributed by atoms with van der Waals surface area (Å²) in [5.74, 6) is -1.78. The summed E-state index contributed by atoms with van der Waals surface area (Å²) >= 11 is 0. The van der Waals surface area contributed by atoms with Crippen LogP contribution in [0.4, 0.5) is 0 Å². The molecule has 0 spiro atoms. The van der Waals surface area contributed by atoms with E-state index < -0.39 is 112 Å². The number of rotatable bonds is 77. The molecule has 131 heavy (non-hydrogen) atoms. The molecule has 6 aromatic rings. The first-order valence-corrected chi connectivity index (χ1v) is 52.4. The van der Waals surface area contributed by atoms with E-state index in [0.29, 0.717) is 19.3 Å². The second-order valence-electron chi connectivity index (χ2n) is 36.1. The summed E-state index contributed by atoms with van der Waals surface area (Å²) in [6.45, 7) is 5.30. The fourth-order valence-electron chi connectivity index (χ4n) is 17.4. The van der Waals surface area contributed by atoms with Crippen LogP contribution >= 0.6 is 7.82 Å². The third-order valence-electron chi connectivity index (χ3n) is 25.0. The highest BCUT2D eigenvalue weighted by Gasteiger charge is 2.60. The Morgan fingerprint density at radius 3 is 1.01 bits per heavy atom. The number of ether oxygens (including phenoxy) is 11. The quantitative estimate of drug-likeness (QED) is 0.00708. The van der Waals surface area contributed by atoms with Crippen LogP contribution in [0.2, 0.25) is 0 Å². The summed E-state index contributed by atoms with van der Waals surface area (Å²) in [4.78, 5) is 59.8. The van der Waals surface area contributed by atoms with Crippen LogP contribution < -0.4 is 0 Å². The molecule has 1 saturated heterocycles. The van der Waals surface area contributed by atoms with Crippen LogP contribution in [0.3, 0.4) is 0 Å². The van der Waals surface area contributed by atoms with E-state index in [4.69, 9.17) is 61.2 Å². The van der Waals surface area contributed by atoms with Crippen molar-refractivity contribution in [3.63, 3.8) is 0 Å². The van der Waals surface area contributed by atoms with E-state index in [2.05, 4.69) is 30.8 Å². The Morgan fingerprint density at radius 2 is 0.656 bits per heavy atom. The molecular formula is C109H162N3O18P. The number of hydrogen-bond acceptors (Lipinski definition) is 18. The molecule has 2 aliphatic rings. The lowest BCUT2D eigenvalue weighted by Gasteiger charge is -2.51. The number of unbranched alkanes of at least 4 members (excludes halogenated alkanes) is 40. The number of phosphoric ester groups is 1. The fourth-order valence-corrected chi connectivity index (χ4v) is 18.4. The molecule has 1 unspecified atom stereocenters. The van der Waals surface area contributed by atoms with E-state index in [-0.39, 0.29) is 65.5 Å². The zero-order valence-electron chi connectivity index (χ0n) is 79.8. The summed E-state index contributed by atoms with van der Waals surface area (Å²) in [6, 6.07) is 55.7. The lowest BCUT2D eigenvalue weighted by Crippen LogP contribution is -2.69. The summed E-state index contributed by atoms with van der Waals surface area (Å²) in [7, 11) is -5.65. The maximum Gasteiger partial charge on any atom is 0.472 e. The Hall–Kier alpha value is -7.17. The zero-order chi connectivity index (χ0) is 92.3. The smallest absolute Gasteiger partial charge is 0.462 e. The van der Waals surface area contributed by atoms with Gasteiger partial charge in [-0.1, -0.05) is 465 Å². The van der Waals surface area contributed by atoms with Crippen LogP contribution in [-0.2, 0) is 120 Å². The van der Waals surface area contributed by atoms with Crippen molar-refractivity contribution in [2.24, 2.45) is 5.11 Å². The Morgan fingerprint density at radius 1 is 0.359 bits per heavy atom. The van der Waals surface area contributed by atoms with Gasteiger partial charge in [0.2, 0.25) is 0 Å². The molecule has 0 amide bonds. The van der Waals surface area contributed by atoms with Gasteiger partial charge in [-0.05, 0) is 58.2 Å². The molecule has 0 bridgehead atoms. The largest absolute Gasteiger partial charge is 0.472 e. The number of phosphoric acid groups is 1. The molecule has 726 valence electrons. The van der Waals surface area contributed by atoms with Gasteiger partial charge in [-0.25, -0.2) is 4.57 Å². The molecule has 22 heteroatoms. The average Bonchev–Trinajstić information content (AvgIpc) is 0.746. The van der Waals surface area contributed by atoms with E-state index in [0.717, 1.165) is 117 Å². The number of nitrogens with zero attached hydrogens (tertiary/aromatic N) is 3. The highest BCUT2D eigenvalue weighted by molar-refractivity contribution is 7.47. The molecule has 6 aromatic carbocycles. The van der Waals surface area contributed by atoms with E-state index in [9.17, 15) is 20.0 Å². The molecule has 1 heterocycles. The first kappa shape index (κ1) is 109. The van der Waals surface area contributed by atoms with Crippen molar-refractivity contribution < 1.29 is 85.0 Å². The predicted molar refractivity (Wildman–Crippen MR) is 518 cm³/mol. The van der Waals surface area contributed by atoms with Gasteiger partial charge in [0.05, 0.1) is 52.9 Å². The van der Waals surface area contributed by atoms with Crippen LogP contribution in [0.15, 0.2) is 187 Å². The van der Waals surface area contributed by atoms with Gasteiger partial charge in [0.1, 0.15) is 61.5 Å². The Kier molecular flexibility index (Phi) is 58.0. The van der Waals surface area contributed by atoms with Crippen molar-refractivity contribution in [1.29, 1.82) is 0 Å². The number of azide groups is 1. The maximum absolute atomic E-state index is 16.0. The first-order valence-electron chi connectivity index (χ1n) is 50.9. The molecule has 21 nitrogen and oxygen atoms in total. The van der Waals surface area contributed by atoms with E-state index in [1.165, 1.54) is 173 Å². The van der Waals surface area contributed by atoms with Gasteiger partial charge in [0.15, 0.2) is 18.5 Å². The number of carbonyl (C=O) groups is 3. The van der Waals surface area contributed by atoms with Gasteiger partial charge in [0.25, 0.3) is 0 Å². The SMILES string of the molecule is CCCCCCCCCCCCCCCCCC(=O)OC[C@@H](COP(=O)(O)O[C@@H]1[C@H](OC(=O)CCCCCCCCCCCCCCC)[C@H](OCc2ccccc2)[C@@H](OCc2ccccc2)[C@H](OCc2ccccc2)[C@H]1O[C@H]1O[C@H](COCc2ccccc2)[C@@H](OCc2ccccc2)[C@H](OCc2ccccc2)[C@H]1N=[N+]=[N-])OC(=O)CCCCCCCCCCCCCCCCC. The van der Waals surface area contributed by atoms with Crippen LogP contribution in [0.5, 0.6) is 0 Å². The summed E-state index contributed by atoms with van der Waals surface area (Å²) in [6.07, 6.45) is 33.0. The molecule has 0 aromatic heterocycles. The molecule has 1 N–H and O–H groups in total. The van der Waals surface area contributed by atoms with Crippen molar-refractivity contribution >= 4 is 25.7 Å². The lowest BCUT2D eigenvalue weighted by atomic mass is 9.83. The predicted octanol–water partition coefficient (Wildman–Crippen LogP) is 27.8. The molecule has 8 rings (SSSR count). The Labute approximate surface area is 786 Å². The van der Waals surface area contributed by atoms with E-state index in [1.54, 1.807) is 0 Å². The Bertz CT molecular complexity index is 3930. The molecular weight excluding hydrogens is 1670 g/mol. The van der Waals surface area contributed by atoms with Gasteiger partial charge in [-0.15, -0.1) is 0 Å². The summed E-state index contributed by atoms with van der Waals surface area (Å²) < 4.78 is 105. The topological polar surface area (TPSA) is 257 Å². The lowest BCUT2D eigenvalue weighted by molar-refractivity contribution is -0.334. The van der Waals surface area contributed by atoms with Gasteiger partial charge in [0, 0.05) is 24.2 Å². The number of esters is 3. The summed E-state index contributed by atoms with van der Waals surface area (Å²) in [5.41, 5.74) is 15.7. The molecule has 2 fully saturated rings. The van der Waals surface area contributed by atoms with E-state index >= 15 is 9.36 Å². The second kappa shape index (κ2) is 69.6. The third-order valence-corrected chi connectivity index (χ3v) is 26.0. The van der Waals surface area contributed by atoms with Crippen molar-refractivity contribution in [3.05, 3.63) is 226 Å². The normalized spacial score (nSPS) is 19.8. The van der Waals surface area contributed by atoms with E-state index in [1.807, 2.05) is 182 Å². The zero-order valence-corrected chi connectivity index (χ0v) is 80.7. The number of hydrogen-bond donors (Lipinski definition) is 1. The second-order valence-corrected chi connectivity index (χ2v) is 37.5.